The van der Waals surface area contributed by atoms with Crippen LogP contribution in [0.2, 0.25) is 0 Å². The van der Waals surface area contributed by atoms with Crippen LogP contribution in [0.4, 0.5) is 4.39 Å². The Hall–Kier alpha value is -1.55. The van der Waals surface area contributed by atoms with Gasteiger partial charge in [-0.3, -0.25) is 9.19 Å². The maximum absolute atomic E-state index is 12.9. The van der Waals surface area contributed by atoms with E-state index >= 15 is 0 Å². The van der Waals surface area contributed by atoms with Gasteiger partial charge in [0.2, 0.25) is 0 Å². The highest BCUT2D eigenvalue weighted by molar-refractivity contribution is 7.84. The Kier molecular flexibility index (Phi) is 3.41. The molecule has 16 heavy (non-hydrogen) atoms. The lowest BCUT2D eigenvalue weighted by Gasteiger charge is -2.02. The smallest absolute Gasteiger partial charge is 0.124 e. The van der Waals surface area contributed by atoms with Gasteiger partial charge < -0.3 is 0 Å². The average molecular weight is 235 g/mol. The summed E-state index contributed by atoms with van der Waals surface area (Å²) in [5, 5.41) is 0. The molecule has 2 nitrogen and oxygen atoms in total. The largest absolute Gasteiger partial charge is 0.265 e. The summed E-state index contributed by atoms with van der Waals surface area (Å²) in [5.41, 5.74) is 0.928. The summed E-state index contributed by atoms with van der Waals surface area (Å²) in [5.74, 6) is 0.0204. The minimum absolute atomic E-state index is 0.361. The summed E-state index contributed by atoms with van der Waals surface area (Å²) in [6, 6.07) is 9.48. The fraction of sp³-hybridized carbons (Fsp3) is 0.0833. The van der Waals surface area contributed by atoms with Crippen LogP contribution in [0.3, 0.4) is 0 Å². The van der Waals surface area contributed by atoms with Crippen LogP contribution in [0, 0.1) is 5.82 Å². The summed E-state index contributed by atoms with van der Waals surface area (Å²) in [6.45, 7) is 0. The Bertz CT molecular complexity index is 501. The molecule has 0 aliphatic carbocycles. The number of halogens is 1. The number of nitrogens with zero attached hydrogens (tertiary/aromatic N) is 1. The van der Waals surface area contributed by atoms with Crippen molar-refractivity contribution in [2.75, 3.05) is 0 Å². The average Bonchev–Trinajstić information content (AvgIpc) is 2.30. The molecule has 0 amide bonds. The van der Waals surface area contributed by atoms with Gasteiger partial charge in [-0.15, -0.1) is 0 Å². The van der Waals surface area contributed by atoms with Crippen molar-refractivity contribution < 1.29 is 8.60 Å². The summed E-state index contributed by atoms with van der Waals surface area (Å²) in [6.07, 6.45) is 3.30. The number of aromatic nitrogens is 1. The van der Waals surface area contributed by atoms with Crippen molar-refractivity contribution in [2.45, 2.75) is 10.6 Å². The Balaban J connectivity index is 2.15. The molecule has 1 heterocycles. The van der Waals surface area contributed by atoms with E-state index in [4.69, 9.17) is 0 Å². The van der Waals surface area contributed by atoms with Gasteiger partial charge >= 0.3 is 0 Å². The van der Waals surface area contributed by atoms with Gasteiger partial charge in [0.25, 0.3) is 0 Å². The van der Waals surface area contributed by atoms with Crippen molar-refractivity contribution in [3.63, 3.8) is 0 Å². The van der Waals surface area contributed by atoms with Crippen LogP contribution in [0.15, 0.2) is 53.7 Å². The van der Waals surface area contributed by atoms with Crippen molar-refractivity contribution in [1.29, 1.82) is 0 Å². The molecule has 0 saturated carbocycles. The molecular formula is C12H10FNOS. The Morgan fingerprint density at radius 2 is 1.94 bits per heavy atom. The first kappa shape index (κ1) is 11.0. The van der Waals surface area contributed by atoms with E-state index < -0.39 is 10.8 Å². The van der Waals surface area contributed by atoms with E-state index in [1.54, 1.807) is 36.7 Å². The third-order valence-corrected chi connectivity index (χ3v) is 3.48. The zero-order valence-electron chi connectivity index (χ0n) is 8.47. The first-order valence-electron chi connectivity index (χ1n) is 4.78. The van der Waals surface area contributed by atoms with Crippen molar-refractivity contribution in [3.05, 3.63) is 60.2 Å². The van der Waals surface area contributed by atoms with Crippen molar-refractivity contribution in [2.24, 2.45) is 0 Å². The topological polar surface area (TPSA) is 30.0 Å². The minimum Gasteiger partial charge on any atom is -0.265 e. The number of hydrogen-bond donors (Lipinski definition) is 0. The quantitative estimate of drug-likeness (QED) is 0.818. The molecule has 0 aliphatic rings. The highest BCUT2D eigenvalue weighted by atomic mass is 32.2. The molecule has 2 aromatic rings. The van der Waals surface area contributed by atoms with Crippen molar-refractivity contribution in [1.82, 2.24) is 4.98 Å². The number of hydrogen-bond acceptors (Lipinski definition) is 2. The molecule has 0 radical (unpaired) electrons. The minimum atomic E-state index is -1.21. The van der Waals surface area contributed by atoms with Gasteiger partial charge in [0, 0.05) is 17.3 Å². The molecular weight excluding hydrogens is 225 g/mol. The number of pyridine rings is 1. The first-order chi connectivity index (χ1) is 7.75. The maximum Gasteiger partial charge on any atom is 0.124 e. The van der Waals surface area contributed by atoms with Gasteiger partial charge in [-0.05, 0) is 35.9 Å². The molecule has 0 spiro atoms. The van der Waals surface area contributed by atoms with Gasteiger partial charge in [-0.2, -0.15) is 0 Å². The predicted molar refractivity (Wildman–Crippen MR) is 60.7 cm³/mol. The summed E-state index contributed by atoms with van der Waals surface area (Å²) < 4.78 is 24.8. The van der Waals surface area contributed by atoms with Crippen LogP contribution in [0.5, 0.6) is 0 Å². The third-order valence-electron chi connectivity index (χ3n) is 2.11. The molecule has 1 aromatic carbocycles. The normalized spacial score (nSPS) is 12.3. The zero-order chi connectivity index (χ0) is 11.4. The van der Waals surface area contributed by atoms with E-state index in [0.717, 1.165) is 5.56 Å². The van der Waals surface area contributed by atoms with E-state index in [9.17, 15) is 8.60 Å². The molecule has 0 N–H and O–H groups in total. The van der Waals surface area contributed by atoms with Crippen LogP contribution in [-0.4, -0.2) is 9.19 Å². The lowest BCUT2D eigenvalue weighted by atomic mass is 10.3. The second-order valence-electron chi connectivity index (χ2n) is 3.30. The molecule has 1 unspecified atom stereocenters. The molecule has 0 saturated heterocycles. The van der Waals surface area contributed by atoms with Crippen LogP contribution in [0.1, 0.15) is 5.56 Å². The standard InChI is InChI=1S/C12H10FNOS/c13-11-2-1-3-12(8-11)16(15)9-10-4-6-14-7-5-10/h1-8H,9H2. The second kappa shape index (κ2) is 4.99. The number of rotatable bonds is 3. The van der Waals surface area contributed by atoms with E-state index in [-0.39, 0.29) is 5.82 Å². The maximum atomic E-state index is 12.9. The molecule has 1 aromatic heterocycles. The summed E-state index contributed by atoms with van der Waals surface area (Å²) in [7, 11) is -1.21. The molecule has 0 aliphatic heterocycles. The SMILES string of the molecule is O=S(Cc1ccncc1)c1cccc(F)c1. The van der Waals surface area contributed by atoms with Crippen LogP contribution in [0.25, 0.3) is 0 Å². The Morgan fingerprint density at radius 3 is 2.62 bits per heavy atom. The predicted octanol–water partition coefficient (Wildman–Crippen LogP) is 2.53. The highest BCUT2D eigenvalue weighted by Crippen LogP contribution is 2.12. The number of benzene rings is 1. The Labute approximate surface area is 95.6 Å². The van der Waals surface area contributed by atoms with Gasteiger partial charge in [0.15, 0.2) is 0 Å². The third kappa shape index (κ3) is 2.73. The molecule has 4 heteroatoms. The van der Waals surface area contributed by atoms with Gasteiger partial charge in [0.05, 0.1) is 16.6 Å². The lowest BCUT2D eigenvalue weighted by molar-refractivity contribution is 0.622. The van der Waals surface area contributed by atoms with E-state index in [1.807, 2.05) is 0 Å². The molecule has 0 bridgehead atoms. The van der Waals surface area contributed by atoms with E-state index in [1.165, 1.54) is 12.1 Å². The molecule has 1 atom stereocenters. The van der Waals surface area contributed by atoms with Gasteiger partial charge in [0.1, 0.15) is 5.82 Å². The fourth-order valence-corrected chi connectivity index (χ4v) is 2.46. The summed E-state index contributed by atoms with van der Waals surface area (Å²) in [4.78, 5) is 4.39. The van der Waals surface area contributed by atoms with Crippen LogP contribution < -0.4 is 0 Å². The Morgan fingerprint density at radius 1 is 1.19 bits per heavy atom. The molecule has 0 fully saturated rings. The first-order valence-corrected chi connectivity index (χ1v) is 6.10. The fourth-order valence-electron chi connectivity index (χ4n) is 1.32. The molecule has 2 rings (SSSR count). The van der Waals surface area contributed by atoms with Crippen LogP contribution in [-0.2, 0) is 16.6 Å². The second-order valence-corrected chi connectivity index (χ2v) is 4.75. The van der Waals surface area contributed by atoms with Crippen molar-refractivity contribution >= 4 is 10.8 Å². The van der Waals surface area contributed by atoms with Gasteiger partial charge in [-0.1, -0.05) is 6.07 Å². The van der Waals surface area contributed by atoms with E-state index in [2.05, 4.69) is 4.98 Å². The van der Waals surface area contributed by atoms with E-state index in [0.29, 0.717) is 10.6 Å². The monoisotopic (exact) mass is 235 g/mol. The van der Waals surface area contributed by atoms with Crippen LogP contribution >= 0.6 is 0 Å². The zero-order valence-corrected chi connectivity index (χ0v) is 9.28. The molecule has 82 valence electrons. The van der Waals surface area contributed by atoms with Crippen molar-refractivity contribution in [3.8, 4) is 0 Å². The summed E-state index contributed by atoms with van der Waals surface area (Å²) >= 11 is 0. The van der Waals surface area contributed by atoms with Gasteiger partial charge in [-0.25, -0.2) is 4.39 Å². The highest BCUT2D eigenvalue weighted by Gasteiger charge is 2.05. The lowest BCUT2D eigenvalue weighted by Crippen LogP contribution is -1.96.